The van der Waals surface area contributed by atoms with Crippen LogP contribution in [0.4, 0.5) is 9.93 Å². The van der Waals surface area contributed by atoms with Crippen LogP contribution in [-0.4, -0.2) is 40.6 Å². The van der Waals surface area contributed by atoms with Gasteiger partial charge in [0.25, 0.3) is 5.91 Å². The molecule has 0 aliphatic carbocycles. The van der Waals surface area contributed by atoms with E-state index in [-0.39, 0.29) is 25.7 Å². The van der Waals surface area contributed by atoms with Gasteiger partial charge in [-0.25, -0.2) is 9.78 Å². The van der Waals surface area contributed by atoms with E-state index in [0.717, 1.165) is 10.5 Å². The summed E-state index contributed by atoms with van der Waals surface area (Å²) in [4.78, 5) is 41.7. The number of carbonyl (C=O) groups is 3. The number of fused-ring (bicyclic) bond motifs is 1. The van der Waals surface area contributed by atoms with Crippen LogP contribution in [-0.2, 0) is 16.1 Å². The minimum atomic E-state index is -0.892. The largest absolute Gasteiger partial charge is 0.454 e. The Balaban J connectivity index is 1.40. The summed E-state index contributed by atoms with van der Waals surface area (Å²) in [5, 5.41) is 7.31. The second-order valence-corrected chi connectivity index (χ2v) is 6.60. The van der Waals surface area contributed by atoms with E-state index in [0.29, 0.717) is 16.6 Å². The fraction of sp³-hybridized carbons (Fsp3) is 0.250. The molecule has 0 saturated carbocycles. The monoisotopic (exact) mass is 374 g/mol. The fourth-order valence-corrected chi connectivity index (χ4v) is 3.27. The van der Waals surface area contributed by atoms with Gasteiger partial charge in [-0.15, -0.1) is 11.3 Å². The van der Waals surface area contributed by atoms with Crippen molar-refractivity contribution in [1.82, 2.24) is 15.2 Å². The third-order valence-electron chi connectivity index (χ3n) is 3.95. The lowest BCUT2D eigenvalue weighted by Crippen LogP contribution is -2.34. The Morgan fingerprint density at radius 3 is 3.00 bits per heavy atom. The van der Waals surface area contributed by atoms with Gasteiger partial charge < -0.3 is 20.1 Å². The minimum Gasteiger partial charge on any atom is -0.454 e. The van der Waals surface area contributed by atoms with E-state index in [1.165, 1.54) is 11.3 Å². The molecule has 1 atom stereocenters. The van der Waals surface area contributed by atoms with E-state index in [4.69, 9.17) is 9.47 Å². The molecule has 2 aromatic rings. The third-order valence-corrected chi connectivity index (χ3v) is 4.64. The zero-order valence-corrected chi connectivity index (χ0v) is 14.2. The second kappa shape index (κ2) is 6.64. The van der Waals surface area contributed by atoms with E-state index in [1.807, 2.05) is 0 Å². The number of rotatable bonds is 5. The van der Waals surface area contributed by atoms with Gasteiger partial charge >= 0.3 is 6.03 Å². The number of carbonyl (C=O) groups excluding carboxylic acids is 3. The molecule has 10 heteroatoms. The molecular weight excluding hydrogens is 360 g/mol. The number of aromatic nitrogens is 1. The van der Waals surface area contributed by atoms with Crippen molar-refractivity contribution in [3.05, 3.63) is 35.3 Å². The summed E-state index contributed by atoms with van der Waals surface area (Å²) >= 11 is 1.27. The molecule has 0 radical (unpaired) electrons. The van der Waals surface area contributed by atoms with Crippen LogP contribution in [0.1, 0.15) is 12.0 Å². The van der Waals surface area contributed by atoms with Gasteiger partial charge in [-0.3, -0.25) is 14.5 Å². The van der Waals surface area contributed by atoms with Crippen molar-refractivity contribution >= 4 is 34.3 Å². The average Bonchev–Trinajstić information content (AvgIpc) is 3.33. The Morgan fingerprint density at radius 1 is 1.35 bits per heavy atom. The molecule has 2 N–H and O–H groups in total. The Labute approximate surface area is 151 Å². The number of hydrogen-bond acceptors (Lipinski definition) is 7. The number of anilines is 1. The van der Waals surface area contributed by atoms with Crippen LogP contribution >= 0.6 is 11.3 Å². The average molecular weight is 374 g/mol. The molecule has 0 spiro atoms. The topological polar surface area (TPSA) is 110 Å². The summed E-state index contributed by atoms with van der Waals surface area (Å²) in [5.41, 5.74) is 0.727. The first-order valence-corrected chi connectivity index (χ1v) is 8.68. The number of thiazole rings is 1. The van der Waals surface area contributed by atoms with Crippen LogP contribution in [0.2, 0.25) is 0 Å². The molecule has 9 nitrogen and oxygen atoms in total. The predicted octanol–water partition coefficient (Wildman–Crippen LogP) is 1.32. The lowest BCUT2D eigenvalue weighted by molar-refractivity contribution is -0.130. The molecule has 134 valence electrons. The molecule has 2 aliphatic heterocycles. The molecular formula is C16H14N4O5S. The van der Waals surface area contributed by atoms with E-state index in [2.05, 4.69) is 15.6 Å². The summed E-state index contributed by atoms with van der Waals surface area (Å²) in [6.45, 7) is 0.240. The van der Waals surface area contributed by atoms with Gasteiger partial charge in [0.05, 0.1) is 13.0 Å². The van der Waals surface area contributed by atoms with Crippen LogP contribution in [0.15, 0.2) is 29.8 Å². The summed E-state index contributed by atoms with van der Waals surface area (Å²) in [7, 11) is 0. The first kappa shape index (κ1) is 16.3. The third kappa shape index (κ3) is 3.18. The molecule has 26 heavy (non-hydrogen) atoms. The van der Waals surface area contributed by atoms with Crippen LogP contribution in [0.3, 0.4) is 0 Å². The van der Waals surface area contributed by atoms with Gasteiger partial charge in [0.1, 0.15) is 6.04 Å². The van der Waals surface area contributed by atoms with E-state index >= 15 is 0 Å². The van der Waals surface area contributed by atoms with Gasteiger partial charge in [0.2, 0.25) is 12.7 Å². The van der Waals surface area contributed by atoms with Crippen molar-refractivity contribution in [2.24, 2.45) is 0 Å². The predicted molar refractivity (Wildman–Crippen MR) is 90.8 cm³/mol. The summed E-state index contributed by atoms with van der Waals surface area (Å²) < 4.78 is 10.5. The molecule has 1 aromatic carbocycles. The molecule has 1 aromatic heterocycles. The highest BCUT2D eigenvalue weighted by Crippen LogP contribution is 2.33. The quantitative estimate of drug-likeness (QED) is 0.764. The molecule has 1 saturated heterocycles. The zero-order chi connectivity index (χ0) is 18.1. The highest BCUT2D eigenvalue weighted by molar-refractivity contribution is 7.13. The van der Waals surface area contributed by atoms with Gasteiger partial charge in [0, 0.05) is 11.6 Å². The van der Waals surface area contributed by atoms with Gasteiger partial charge in [-0.05, 0) is 17.7 Å². The van der Waals surface area contributed by atoms with Gasteiger partial charge in [0.15, 0.2) is 16.6 Å². The summed E-state index contributed by atoms with van der Waals surface area (Å²) in [6.07, 6.45) is 1.41. The maximum Gasteiger partial charge on any atom is 0.325 e. The molecule has 1 fully saturated rings. The van der Waals surface area contributed by atoms with E-state index in [1.54, 1.807) is 29.8 Å². The first-order chi connectivity index (χ1) is 12.6. The number of amides is 4. The second-order valence-electron chi connectivity index (χ2n) is 5.70. The van der Waals surface area contributed by atoms with Gasteiger partial charge in [-0.2, -0.15) is 0 Å². The molecule has 0 bridgehead atoms. The molecule has 4 amide bonds. The van der Waals surface area contributed by atoms with Crippen LogP contribution in [0.5, 0.6) is 11.5 Å². The SMILES string of the molecule is O=C(CC1NC(=O)N(Cc2ccc3c(c2)OCO3)C1=O)Nc1nccs1. The number of hydrogen-bond donors (Lipinski definition) is 2. The van der Waals surface area contributed by atoms with Crippen molar-refractivity contribution in [3.63, 3.8) is 0 Å². The van der Waals surface area contributed by atoms with E-state index in [9.17, 15) is 14.4 Å². The molecule has 4 rings (SSSR count). The lowest BCUT2D eigenvalue weighted by Gasteiger charge is -2.13. The van der Waals surface area contributed by atoms with Crippen molar-refractivity contribution < 1.29 is 23.9 Å². The van der Waals surface area contributed by atoms with Crippen LogP contribution < -0.4 is 20.1 Å². The standard InChI is InChI=1S/C16H14N4O5S/c21-13(19-15-17-3-4-26-15)6-10-14(22)20(16(23)18-10)7-9-1-2-11-12(5-9)25-8-24-11/h1-5,10H,6-8H2,(H,18,23)(H,17,19,21). The maximum absolute atomic E-state index is 12.5. The summed E-state index contributed by atoms with van der Waals surface area (Å²) in [5.74, 6) is 0.377. The number of benzene rings is 1. The maximum atomic E-state index is 12.5. The van der Waals surface area contributed by atoms with Crippen LogP contribution in [0.25, 0.3) is 0 Å². The number of nitrogens with zero attached hydrogens (tertiary/aromatic N) is 2. The fourth-order valence-electron chi connectivity index (χ4n) is 2.73. The molecule has 2 aliphatic rings. The molecule has 1 unspecified atom stereocenters. The first-order valence-electron chi connectivity index (χ1n) is 7.80. The number of imide groups is 1. The van der Waals surface area contributed by atoms with Crippen LogP contribution in [0, 0.1) is 0 Å². The number of nitrogens with one attached hydrogen (secondary N) is 2. The minimum absolute atomic E-state index is 0.0892. The van der Waals surface area contributed by atoms with E-state index < -0.39 is 18.0 Å². The lowest BCUT2D eigenvalue weighted by atomic mass is 10.1. The normalized spacial score (nSPS) is 18.2. The zero-order valence-electron chi connectivity index (χ0n) is 13.4. The van der Waals surface area contributed by atoms with Crippen molar-refractivity contribution in [1.29, 1.82) is 0 Å². The van der Waals surface area contributed by atoms with Gasteiger partial charge in [-0.1, -0.05) is 6.07 Å². The number of urea groups is 1. The van der Waals surface area contributed by atoms with Crippen molar-refractivity contribution in [3.8, 4) is 11.5 Å². The smallest absolute Gasteiger partial charge is 0.325 e. The highest BCUT2D eigenvalue weighted by atomic mass is 32.1. The van der Waals surface area contributed by atoms with Crippen molar-refractivity contribution in [2.45, 2.75) is 19.0 Å². The highest BCUT2D eigenvalue weighted by Gasteiger charge is 2.39. The Kier molecular flexibility index (Phi) is 4.17. The van der Waals surface area contributed by atoms with Crippen molar-refractivity contribution in [2.75, 3.05) is 12.1 Å². The Hall–Kier alpha value is -3.14. The Bertz CT molecular complexity index is 870. The number of ether oxygens (including phenoxy) is 2. The summed E-state index contributed by atoms with van der Waals surface area (Å²) in [6, 6.07) is 3.80. The Morgan fingerprint density at radius 2 is 2.19 bits per heavy atom. The molecule has 3 heterocycles.